The van der Waals surface area contributed by atoms with Crippen molar-refractivity contribution in [3.63, 3.8) is 0 Å². The van der Waals surface area contributed by atoms with Crippen LogP contribution in [0.4, 0.5) is 10.1 Å². The fraction of sp³-hybridized carbons (Fsp3) is 0.471. The van der Waals surface area contributed by atoms with Gasteiger partial charge in [0.2, 0.25) is 11.8 Å². The van der Waals surface area contributed by atoms with Gasteiger partial charge in [-0.15, -0.1) is 12.4 Å². The highest BCUT2D eigenvalue weighted by molar-refractivity contribution is 5.98. The molecule has 1 aliphatic rings. The number of amides is 3. The highest BCUT2D eigenvalue weighted by Crippen LogP contribution is 2.32. The van der Waals surface area contributed by atoms with Crippen molar-refractivity contribution >= 4 is 35.8 Å². The quantitative estimate of drug-likeness (QED) is 0.560. The summed E-state index contributed by atoms with van der Waals surface area (Å²) in [6, 6.07) is 3.70. The molecule has 0 bridgehead atoms. The lowest BCUT2D eigenvalue weighted by Crippen LogP contribution is -2.30. The first kappa shape index (κ1) is 21.9. The first-order chi connectivity index (χ1) is 11.9. The SMILES string of the molecule is Cl.NC[C@H]1CCC[C@H]1C(=O)Nc1cc(C(=O)NCCC(N)=O)ccc1F. The lowest BCUT2D eigenvalue weighted by molar-refractivity contribution is -0.121. The smallest absolute Gasteiger partial charge is 0.251 e. The third-order valence-electron chi connectivity index (χ3n) is 4.44. The molecule has 1 aliphatic carbocycles. The number of hydrogen-bond acceptors (Lipinski definition) is 4. The van der Waals surface area contributed by atoms with Gasteiger partial charge in [-0.3, -0.25) is 14.4 Å². The van der Waals surface area contributed by atoms with Crippen LogP contribution in [-0.2, 0) is 9.59 Å². The number of carbonyl (C=O) groups is 3. The van der Waals surface area contributed by atoms with Crippen molar-refractivity contribution < 1.29 is 18.8 Å². The summed E-state index contributed by atoms with van der Waals surface area (Å²) in [5.41, 5.74) is 10.8. The molecule has 0 heterocycles. The number of benzene rings is 1. The molecule has 1 saturated carbocycles. The Morgan fingerprint density at radius 1 is 1.23 bits per heavy atom. The number of hydrogen-bond donors (Lipinski definition) is 4. The largest absolute Gasteiger partial charge is 0.370 e. The van der Waals surface area contributed by atoms with Gasteiger partial charge in [-0.25, -0.2) is 4.39 Å². The van der Waals surface area contributed by atoms with Crippen LogP contribution in [0, 0.1) is 17.7 Å². The highest BCUT2D eigenvalue weighted by Gasteiger charge is 2.32. The molecule has 0 unspecified atom stereocenters. The lowest BCUT2D eigenvalue weighted by Gasteiger charge is -2.18. The minimum atomic E-state index is -0.621. The minimum absolute atomic E-state index is 0. The van der Waals surface area contributed by atoms with Crippen LogP contribution in [0.2, 0.25) is 0 Å². The maximum atomic E-state index is 14.0. The Bertz CT molecular complexity index is 671. The monoisotopic (exact) mass is 386 g/mol. The first-order valence-corrected chi connectivity index (χ1v) is 8.29. The molecule has 0 saturated heterocycles. The van der Waals surface area contributed by atoms with Gasteiger partial charge >= 0.3 is 0 Å². The Morgan fingerprint density at radius 3 is 2.62 bits per heavy atom. The molecular weight excluding hydrogens is 363 g/mol. The van der Waals surface area contributed by atoms with E-state index in [0.717, 1.165) is 25.3 Å². The summed E-state index contributed by atoms with van der Waals surface area (Å²) in [6.45, 7) is 0.510. The van der Waals surface area contributed by atoms with Crippen LogP contribution in [-0.4, -0.2) is 30.8 Å². The standard InChI is InChI=1S/C17H23FN4O3.ClH/c18-13-5-4-10(16(24)21-7-6-15(20)23)8-14(13)22-17(25)12-3-1-2-11(12)9-19;/h4-5,8,11-12H,1-3,6-7,9,19H2,(H2,20,23)(H,21,24)(H,22,25);1H/t11-,12-;/m1./s1. The van der Waals surface area contributed by atoms with Crippen LogP contribution in [0.1, 0.15) is 36.0 Å². The summed E-state index contributed by atoms with van der Waals surface area (Å²) in [5.74, 6) is -2.04. The van der Waals surface area contributed by atoms with Crippen LogP contribution in [0.15, 0.2) is 18.2 Å². The molecule has 1 aromatic rings. The third-order valence-corrected chi connectivity index (χ3v) is 4.44. The summed E-state index contributed by atoms with van der Waals surface area (Å²) in [6.07, 6.45) is 2.55. The average molecular weight is 387 g/mol. The molecular formula is C17H24ClFN4O3. The van der Waals surface area contributed by atoms with Gasteiger partial charge in [-0.2, -0.15) is 0 Å². The van der Waals surface area contributed by atoms with Crippen LogP contribution in [0.25, 0.3) is 0 Å². The van der Waals surface area contributed by atoms with Crippen LogP contribution < -0.4 is 22.1 Å². The number of carbonyl (C=O) groups excluding carboxylic acids is 3. The van der Waals surface area contributed by atoms with Gasteiger partial charge in [0.15, 0.2) is 0 Å². The number of anilines is 1. The second-order valence-corrected chi connectivity index (χ2v) is 6.19. The van der Waals surface area contributed by atoms with Crippen molar-refractivity contribution in [2.75, 3.05) is 18.4 Å². The molecule has 26 heavy (non-hydrogen) atoms. The molecule has 6 N–H and O–H groups in total. The van der Waals surface area contributed by atoms with Gasteiger partial charge < -0.3 is 22.1 Å². The van der Waals surface area contributed by atoms with E-state index in [-0.39, 0.29) is 54.4 Å². The second-order valence-electron chi connectivity index (χ2n) is 6.19. The zero-order valence-electron chi connectivity index (χ0n) is 14.3. The molecule has 0 spiro atoms. The van der Waals surface area contributed by atoms with Crippen molar-refractivity contribution in [2.24, 2.45) is 23.3 Å². The Labute approximate surface area is 157 Å². The number of primary amides is 1. The zero-order valence-corrected chi connectivity index (χ0v) is 15.1. The Kier molecular flexibility index (Phi) is 8.47. The minimum Gasteiger partial charge on any atom is -0.370 e. The second kappa shape index (κ2) is 10.1. The van der Waals surface area contributed by atoms with Crippen molar-refractivity contribution in [2.45, 2.75) is 25.7 Å². The van der Waals surface area contributed by atoms with Crippen LogP contribution >= 0.6 is 12.4 Å². The van der Waals surface area contributed by atoms with Gasteiger partial charge in [0, 0.05) is 24.4 Å². The fourth-order valence-corrected chi connectivity index (χ4v) is 3.05. The maximum Gasteiger partial charge on any atom is 0.251 e. The summed E-state index contributed by atoms with van der Waals surface area (Å²) in [4.78, 5) is 35.1. The van der Waals surface area contributed by atoms with Crippen LogP contribution in [0.3, 0.4) is 0 Å². The number of halogens is 2. The summed E-state index contributed by atoms with van der Waals surface area (Å²) >= 11 is 0. The van der Waals surface area contributed by atoms with Crippen molar-refractivity contribution in [3.05, 3.63) is 29.6 Å². The average Bonchev–Trinajstić information content (AvgIpc) is 3.05. The molecule has 0 radical (unpaired) electrons. The van der Waals surface area contributed by atoms with Gasteiger partial charge in [0.25, 0.3) is 5.91 Å². The van der Waals surface area contributed by atoms with Gasteiger partial charge in [0.1, 0.15) is 5.82 Å². The maximum absolute atomic E-state index is 14.0. The predicted molar refractivity (Wildman–Crippen MR) is 98.3 cm³/mol. The molecule has 1 aromatic carbocycles. The summed E-state index contributed by atoms with van der Waals surface area (Å²) < 4.78 is 14.0. The predicted octanol–water partition coefficient (Wildman–Crippen LogP) is 1.17. The van der Waals surface area contributed by atoms with Crippen molar-refractivity contribution in [1.82, 2.24) is 5.32 Å². The third kappa shape index (κ3) is 5.67. The summed E-state index contributed by atoms with van der Waals surface area (Å²) in [5, 5.41) is 5.07. The van der Waals surface area contributed by atoms with E-state index in [1.807, 2.05) is 0 Å². The first-order valence-electron chi connectivity index (χ1n) is 8.29. The molecule has 2 atom stereocenters. The van der Waals surface area contributed by atoms with Crippen LogP contribution in [0.5, 0.6) is 0 Å². The lowest BCUT2D eigenvalue weighted by atomic mass is 9.95. The molecule has 1 fully saturated rings. The van der Waals surface area contributed by atoms with Crippen molar-refractivity contribution in [3.8, 4) is 0 Å². The van der Waals surface area contributed by atoms with E-state index in [0.29, 0.717) is 6.54 Å². The number of nitrogens with one attached hydrogen (secondary N) is 2. The van der Waals surface area contributed by atoms with E-state index in [1.165, 1.54) is 12.1 Å². The van der Waals surface area contributed by atoms with E-state index in [2.05, 4.69) is 10.6 Å². The normalized spacial score (nSPS) is 18.7. The fourth-order valence-electron chi connectivity index (χ4n) is 3.05. The molecule has 0 aliphatic heterocycles. The van der Waals surface area contributed by atoms with Gasteiger partial charge in [-0.1, -0.05) is 6.42 Å². The van der Waals surface area contributed by atoms with E-state index in [1.54, 1.807) is 0 Å². The van der Waals surface area contributed by atoms with Gasteiger partial charge in [-0.05, 0) is 43.5 Å². The molecule has 9 heteroatoms. The van der Waals surface area contributed by atoms with E-state index < -0.39 is 17.6 Å². The zero-order chi connectivity index (χ0) is 18.4. The molecule has 7 nitrogen and oxygen atoms in total. The Hall–Kier alpha value is -2.19. The van der Waals surface area contributed by atoms with E-state index >= 15 is 0 Å². The van der Waals surface area contributed by atoms with Crippen molar-refractivity contribution in [1.29, 1.82) is 0 Å². The topological polar surface area (TPSA) is 127 Å². The van der Waals surface area contributed by atoms with Gasteiger partial charge in [0.05, 0.1) is 5.69 Å². The van der Waals surface area contributed by atoms with E-state index in [4.69, 9.17) is 11.5 Å². The molecule has 144 valence electrons. The summed E-state index contributed by atoms with van der Waals surface area (Å²) in [7, 11) is 0. The molecule has 2 rings (SSSR count). The highest BCUT2D eigenvalue weighted by atomic mass is 35.5. The molecule has 3 amide bonds. The molecule has 0 aromatic heterocycles. The van der Waals surface area contributed by atoms with E-state index in [9.17, 15) is 18.8 Å². The Balaban J connectivity index is 0.00000338. The number of nitrogens with two attached hydrogens (primary N) is 2. The Morgan fingerprint density at radius 2 is 1.96 bits per heavy atom. The number of rotatable bonds is 7.